The Hall–Kier alpha value is -1.37. The van der Waals surface area contributed by atoms with E-state index in [4.69, 9.17) is 9.47 Å². The van der Waals surface area contributed by atoms with Crippen molar-refractivity contribution >= 4 is 0 Å². The second-order valence-corrected chi connectivity index (χ2v) is 5.68. The Morgan fingerprint density at radius 3 is 2.36 bits per heavy atom. The van der Waals surface area contributed by atoms with Crippen molar-refractivity contribution in [3.8, 4) is 5.75 Å². The van der Waals surface area contributed by atoms with Crippen LogP contribution in [0.3, 0.4) is 0 Å². The minimum Gasteiger partial charge on any atom is -0.497 e. The van der Waals surface area contributed by atoms with E-state index >= 15 is 0 Å². The molecule has 1 aromatic rings. The second kappa shape index (κ2) is 5.37. The highest BCUT2D eigenvalue weighted by Gasteiger charge is 2.76. The molecule has 0 spiro atoms. The minimum absolute atomic E-state index is 0.0380. The van der Waals surface area contributed by atoms with Gasteiger partial charge in [0.2, 0.25) is 0 Å². The van der Waals surface area contributed by atoms with Gasteiger partial charge in [-0.25, -0.2) is 0 Å². The Kier molecular flexibility index (Phi) is 4.14. The van der Waals surface area contributed by atoms with E-state index in [1.165, 1.54) is 14.0 Å². The van der Waals surface area contributed by atoms with E-state index < -0.39 is 29.7 Å². The topological polar surface area (TPSA) is 18.5 Å². The van der Waals surface area contributed by atoms with Crippen molar-refractivity contribution < 1.29 is 31.4 Å². The zero-order valence-electron chi connectivity index (χ0n) is 12.4. The highest BCUT2D eigenvalue weighted by atomic mass is 19.4. The van der Waals surface area contributed by atoms with Crippen LogP contribution < -0.4 is 4.74 Å². The van der Waals surface area contributed by atoms with Crippen LogP contribution in [0.2, 0.25) is 0 Å². The van der Waals surface area contributed by atoms with E-state index in [-0.39, 0.29) is 6.42 Å². The van der Waals surface area contributed by atoms with Crippen molar-refractivity contribution in [1.82, 2.24) is 0 Å². The highest BCUT2D eigenvalue weighted by molar-refractivity contribution is 5.29. The summed E-state index contributed by atoms with van der Waals surface area (Å²) in [6.45, 7) is 2.17. The molecule has 1 aromatic carbocycles. The number of benzene rings is 1. The summed E-state index contributed by atoms with van der Waals surface area (Å²) in [6.07, 6.45) is -8.04. The zero-order chi connectivity index (χ0) is 16.8. The van der Waals surface area contributed by atoms with Crippen LogP contribution in [0.25, 0.3) is 0 Å². The van der Waals surface area contributed by atoms with Gasteiger partial charge in [-0.2, -0.15) is 22.0 Å². The SMILES string of the molecule is COc1cccc(CC2OC(C)C2(C)C(F)(F)C(F)(F)F)c1. The van der Waals surface area contributed by atoms with Gasteiger partial charge >= 0.3 is 12.1 Å². The number of methoxy groups -OCH3 is 1. The third-order valence-corrected chi connectivity index (χ3v) is 4.47. The minimum atomic E-state index is -5.60. The summed E-state index contributed by atoms with van der Waals surface area (Å²) in [4.78, 5) is 0. The van der Waals surface area contributed by atoms with Crippen molar-refractivity contribution in [3.63, 3.8) is 0 Å². The Balaban J connectivity index is 2.25. The van der Waals surface area contributed by atoms with Gasteiger partial charge < -0.3 is 9.47 Å². The van der Waals surface area contributed by atoms with Crippen LogP contribution in [0.4, 0.5) is 22.0 Å². The lowest BCUT2D eigenvalue weighted by molar-refractivity contribution is -0.398. The molecule has 0 amide bonds. The monoisotopic (exact) mass is 324 g/mol. The molecule has 0 N–H and O–H groups in total. The van der Waals surface area contributed by atoms with E-state index in [0.717, 1.165) is 6.92 Å². The molecule has 1 heterocycles. The molecule has 3 atom stereocenters. The molecule has 2 rings (SSSR count). The average molecular weight is 324 g/mol. The predicted molar refractivity (Wildman–Crippen MR) is 70.1 cm³/mol. The van der Waals surface area contributed by atoms with Gasteiger partial charge in [0, 0.05) is 0 Å². The molecular weight excluding hydrogens is 307 g/mol. The van der Waals surface area contributed by atoms with Crippen molar-refractivity contribution in [2.45, 2.75) is 44.6 Å². The normalized spacial score (nSPS) is 29.1. The molecule has 3 unspecified atom stereocenters. The lowest BCUT2D eigenvalue weighted by atomic mass is 9.67. The van der Waals surface area contributed by atoms with Crippen molar-refractivity contribution in [1.29, 1.82) is 0 Å². The molecule has 2 nitrogen and oxygen atoms in total. The standard InChI is InChI=1S/C15H17F5O2/c1-9-13(2,14(16,17)15(18,19)20)12(22-9)8-10-5-4-6-11(7-10)21-3/h4-7,9,12H,8H2,1-3H3. The Bertz CT molecular complexity index is 543. The van der Waals surface area contributed by atoms with Gasteiger partial charge in [-0.1, -0.05) is 12.1 Å². The summed E-state index contributed by atoms with van der Waals surface area (Å²) in [5.74, 6) is -4.31. The summed E-state index contributed by atoms with van der Waals surface area (Å²) in [6, 6.07) is 6.55. The maximum Gasteiger partial charge on any atom is 0.454 e. The first kappa shape index (κ1) is 17.0. The number of ether oxygens (including phenoxy) is 2. The number of rotatable bonds is 4. The molecule has 0 aliphatic carbocycles. The van der Waals surface area contributed by atoms with E-state index in [9.17, 15) is 22.0 Å². The number of hydrogen-bond donors (Lipinski definition) is 0. The maximum atomic E-state index is 13.9. The number of hydrogen-bond acceptors (Lipinski definition) is 2. The maximum absolute atomic E-state index is 13.9. The van der Waals surface area contributed by atoms with Crippen molar-refractivity contribution in [3.05, 3.63) is 29.8 Å². The molecule has 0 radical (unpaired) electrons. The molecule has 124 valence electrons. The van der Waals surface area contributed by atoms with Gasteiger partial charge in [0.15, 0.2) is 0 Å². The number of halogens is 5. The van der Waals surface area contributed by atoms with Gasteiger partial charge in [-0.05, 0) is 38.0 Å². The quantitative estimate of drug-likeness (QED) is 0.772. The average Bonchev–Trinajstić information content (AvgIpc) is 2.45. The summed E-state index contributed by atoms with van der Waals surface area (Å²) in [5, 5.41) is 0. The molecule has 1 saturated heterocycles. The fourth-order valence-corrected chi connectivity index (χ4v) is 2.76. The molecular formula is C15H17F5O2. The van der Waals surface area contributed by atoms with Crippen LogP contribution in [0, 0.1) is 5.41 Å². The Labute approximate surface area is 125 Å². The highest BCUT2D eigenvalue weighted by Crippen LogP contribution is 2.58. The van der Waals surface area contributed by atoms with Gasteiger partial charge in [0.05, 0.1) is 24.7 Å². The summed E-state index contributed by atoms with van der Waals surface area (Å²) < 4.78 is 76.2. The summed E-state index contributed by atoms with van der Waals surface area (Å²) >= 11 is 0. The van der Waals surface area contributed by atoms with Crippen LogP contribution in [0.1, 0.15) is 19.4 Å². The molecule has 1 aliphatic rings. The summed E-state index contributed by atoms with van der Waals surface area (Å²) in [5.41, 5.74) is -1.71. The van der Waals surface area contributed by atoms with Crippen LogP contribution in [0.15, 0.2) is 24.3 Å². The fraction of sp³-hybridized carbons (Fsp3) is 0.600. The largest absolute Gasteiger partial charge is 0.497 e. The molecule has 0 aromatic heterocycles. The molecule has 0 saturated carbocycles. The van der Waals surface area contributed by atoms with E-state index in [1.54, 1.807) is 24.3 Å². The van der Waals surface area contributed by atoms with E-state index in [1.807, 2.05) is 0 Å². The fourth-order valence-electron chi connectivity index (χ4n) is 2.76. The van der Waals surface area contributed by atoms with Gasteiger partial charge in [0.1, 0.15) is 5.75 Å². The zero-order valence-corrected chi connectivity index (χ0v) is 12.4. The second-order valence-electron chi connectivity index (χ2n) is 5.68. The smallest absolute Gasteiger partial charge is 0.454 e. The molecule has 22 heavy (non-hydrogen) atoms. The molecule has 7 heteroatoms. The van der Waals surface area contributed by atoms with Crippen molar-refractivity contribution in [2.75, 3.05) is 7.11 Å². The van der Waals surface area contributed by atoms with Crippen LogP contribution in [-0.2, 0) is 11.2 Å². The molecule has 0 bridgehead atoms. The molecule has 1 fully saturated rings. The third-order valence-electron chi connectivity index (χ3n) is 4.47. The number of alkyl halides is 5. The first-order valence-corrected chi connectivity index (χ1v) is 6.77. The van der Waals surface area contributed by atoms with Crippen LogP contribution in [-0.4, -0.2) is 31.4 Å². The molecule has 1 aliphatic heterocycles. The predicted octanol–water partition coefficient (Wildman–Crippen LogP) is 4.23. The lowest BCUT2D eigenvalue weighted by Gasteiger charge is -2.55. The summed E-state index contributed by atoms with van der Waals surface area (Å²) in [7, 11) is 1.45. The first-order chi connectivity index (χ1) is 10.0. The van der Waals surface area contributed by atoms with Gasteiger partial charge in [-0.15, -0.1) is 0 Å². The Morgan fingerprint density at radius 2 is 1.86 bits per heavy atom. The van der Waals surface area contributed by atoms with Gasteiger partial charge in [0.25, 0.3) is 0 Å². The van der Waals surface area contributed by atoms with Crippen LogP contribution >= 0.6 is 0 Å². The van der Waals surface area contributed by atoms with E-state index in [0.29, 0.717) is 11.3 Å². The lowest BCUT2D eigenvalue weighted by Crippen LogP contribution is -2.69. The first-order valence-electron chi connectivity index (χ1n) is 6.77. The Morgan fingerprint density at radius 1 is 1.23 bits per heavy atom. The van der Waals surface area contributed by atoms with E-state index in [2.05, 4.69) is 0 Å². The van der Waals surface area contributed by atoms with Gasteiger partial charge in [-0.3, -0.25) is 0 Å². The van der Waals surface area contributed by atoms with Crippen molar-refractivity contribution in [2.24, 2.45) is 5.41 Å². The third kappa shape index (κ3) is 2.45. The van der Waals surface area contributed by atoms with Crippen LogP contribution in [0.5, 0.6) is 5.75 Å².